The molecule has 20 heavy (non-hydrogen) atoms. The van der Waals surface area contributed by atoms with Crippen molar-refractivity contribution >= 4 is 28.1 Å². The average Bonchev–Trinajstić information content (AvgIpc) is 2.71. The maximum atomic E-state index is 4.03. The summed E-state index contributed by atoms with van der Waals surface area (Å²) in [5.74, 6) is 0. The van der Waals surface area contributed by atoms with E-state index in [1.54, 1.807) is 0 Å². The highest BCUT2D eigenvalue weighted by atomic mass is 79.9. The van der Waals surface area contributed by atoms with Gasteiger partial charge in [0.25, 0.3) is 0 Å². The van der Waals surface area contributed by atoms with Crippen LogP contribution in [0.5, 0.6) is 0 Å². The van der Waals surface area contributed by atoms with Crippen molar-refractivity contribution < 1.29 is 0 Å². The fourth-order valence-electron chi connectivity index (χ4n) is 3.43. The van der Waals surface area contributed by atoms with E-state index in [0.29, 0.717) is 0 Å². The van der Waals surface area contributed by atoms with Gasteiger partial charge in [0.15, 0.2) is 0 Å². The van der Waals surface area contributed by atoms with Gasteiger partial charge in [0, 0.05) is 9.89 Å². The Morgan fingerprint density at radius 3 is 2.25 bits per heavy atom. The molecule has 0 aliphatic heterocycles. The lowest BCUT2D eigenvalue weighted by Gasteiger charge is -2.22. The van der Waals surface area contributed by atoms with Crippen molar-refractivity contribution in [2.24, 2.45) is 5.41 Å². The molecule has 100 valence electrons. The second-order valence-corrected chi connectivity index (χ2v) is 6.75. The predicted molar refractivity (Wildman–Crippen MR) is 83.4 cm³/mol. The van der Waals surface area contributed by atoms with Gasteiger partial charge in [-0.3, -0.25) is 0 Å². The molecule has 0 N–H and O–H groups in total. The molecule has 0 saturated carbocycles. The Kier molecular flexibility index (Phi) is 2.77. The number of fused-ring (bicyclic) bond motifs is 2. The number of hydrogen-bond acceptors (Lipinski definition) is 2. The quantitative estimate of drug-likeness (QED) is 0.742. The van der Waals surface area contributed by atoms with Crippen molar-refractivity contribution in [2.75, 3.05) is 0 Å². The Bertz CT molecular complexity index is 768. The number of halogens is 1. The highest BCUT2D eigenvalue weighted by molar-refractivity contribution is 9.10. The lowest BCUT2D eigenvalue weighted by Crippen LogP contribution is -2.19. The third-order valence-electron chi connectivity index (χ3n) is 4.56. The van der Waals surface area contributed by atoms with Gasteiger partial charge in [-0.1, -0.05) is 34.1 Å². The van der Waals surface area contributed by atoms with Gasteiger partial charge >= 0.3 is 0 Å². The van der Waals surface area contributed by atoms with E-state index in [1.807, 2.05) is 12.4 Å². The summed E-state index contributed by atoms with van der Waals surface area (Å²) in [5.41, 5.74) is 2.95. The maximum Gasteiger partial charge on any atom is 0.0530 e. The molecule has 0 unspecified atom stereocenters. The van der Waals surface area contributed by atoms with E-state index in [2.05, 4.69) is 56.5 Å². The molecule has 1 aromatic carbocycles. The van der Waals surface area contributed by atoms with Gasteiger partial charge in [-0.05, 0) is 59.4 Å². The van der Waals surface area contributed by atoms with Crippen LogP contribution in [0.1, 0.15) is 24.0 Å². The summed E-state index contributed by atoms with van der Waals surface area (Å²) in [5, 5.41) is 10.8. The van der Waals surface area contributed by atoms with Crippen molar-refractivity contribution in [1.82, 2.24) is 10.2 Å². The smallest absolute Gasteiger partial charge is 0.0530 e. The molecule has 0 bridgehead atoms. The Hall–Kier alpha value is -1.48. The molecule has 2 aliphatic carbocycles. The zero-order valence-electron chi connectivity index (χ0n) is 11.1. The van der Waals surface area contributed by atoms with Crippen LogP contribution in [0.4, 0.5) is 0 Å². The number of aromatic nitrogens is 2. The molecule has 2 aliphatic rings. The summed E-state index contributed by atoms with van der Waals surface area (Å²) in [6, 6.07) is 6.56. The van der Waals surface area contributed by atoms with Crippen LogP contribution >= 0.6 is 15.9 Å². The van der Waals surface area contributed by atoms with Crippen LogP contribution in [0.2, 0.25) is 0 Å². The minimum atomic E-state index is 0.210. The molecule has 1 spiro atoms. The summed E-state index contributed by atoms with van der Waals surface area (Å²) in [6.07, 6.45) is 13.3. The first-order chi connectivity index (χ1) is 9.74. The van der Waals surface area contributed by atoms with Gasteiger partial charge in [0.05, 0.1) is 12.4 Å². The van der Waals surface area contributed by atoms with Crippen molar-refractivity contribution in [3.63, 3.8) is 0 Å². The largest absolute Gasteiger partial charge is 0.159 e. The monoisotopic (exact) mass is 326 g/mol. The molecule has 4 rings (SSSR count). The molecule has 1 heterocycles. The Balaban J connectivity index is 1.75. The number of benzene rings is 1. The van der Waals surface area contributed by atoms with Crippen LogP contribution in [-0.2, 0) is 12.8 Å². The van der Waals surface area contributed by atoms with E-state index in [0.717, 1.165) is 30.2 Å². The molecule has 2 nitrogen and oxygen atoms in total. The lowest BCUT2D eigenvalue weighted by molar-refractivity contribution is 0.491. The van der Waals surface area contributed by atoms with Gasteiger partial charge < -0.3 is 0 Å². The van der Waals surface area contributed by atoms with Gasteiger partial charge in [0.2, 0.25) is 0 Å². The topological polar surface area (TPSA) is 25.8 Å². The highest BCUT2D eigenvalue weighted by Gasteiger charge is 2.30. The molecule has 3 heteroatoms. The van der Waals surface area contributed by atoms with Crippen LogP contribution < -0.4 is 10.4 Å². The molecular formula is C17H15BrN2. The summed E-state index contributed by atoms with van der Waals surface area (Å²) in [4.78, 5) is 0. The van der Waals surface area contributed by atoms with Gasteiger partial charge in [-0.25, -0.2) is 0 Å². The van der Waals surface area contributed by atoms with Crippen LogP contribution in [0.3, 0.4) is 0 Å². The first kappa shape index (κ1) is 12.3. The third-order valence-corrected chi connectivity index (χ3v) is 5.05. The fraction of sp³-hybridized carbons (Fsp3) is 0.294. The van der Waals surface area contributed by atoms with E-state index in [4.69, 9.17) is 0 Å². The zero-order chi connectivity index (χ0) is 13.6. The van der Waals surface area contributed by atoms with E-state index in [9.17, 15) is 0 Å². The lowest BCUT2D eigenvalue weighted by atomic mass is 9.81. The first-order valence-electron chi connectivity index (χ1n) is 7.04. The molecule has 1 aromatic heterocycles. The molecule has 0 radical (unpaired) electrons. The number of rotatable bonds is 0. The third kappa shape index (κ3) is 2.01. The van der Waals surface area contributed by atoms with E-state index < -0.39 is 0 Å². The Morgan fingerprint density at radius 2 is 1.55 bits per heavy atom. The minimum Gasteiger partial charge on any atom is -0.159 e. The van der Waals surface area contributed by atoms with Gasteiger partial charge in [-0.15, -0.1) is 0 Å². The predicted octanol–water partition coefficient (Wildman–Crippen LogP) is 2.38. The van der Waals surface area contributed by atoms with E-state index in [-0.39, 0.29) is 5.41 Å². The van der Waals surface area contributed by atoms with Gasteiger partial charge in [0.1, 0.15) is 0 Å². The van der Waals surface area contributed by atoms with E-state index in [1.165, 1.54) is 21.6 Å². The van der Waals surface area contributed by atoms with E-state index >= 15 is 0 Å². The second kappa shape index (κ2) is 4.52. The summed E-state index contributed by atoms with van der Waals surface area (Å²) < 4.78 is 1.16. The van der Waals surface area contributed by atoms with Crippen molar-refractivity contribution in [1.29, 1.82) is 0 Å². The molecule has 0 amide bonds. The highest BCUT2D eigenvalue weighted by Crippen LogP contribution is 2.38. The summed E-state index contributed by atoms with van der Waals surface area (Å²) in [6.45, 7) is 0. The number of aryl methyl sites for hydroxylation is 2. The normalized spacial score (nSPS) is 18.6. The standard InChI is InChI=1S/C17H15BrN2/c18-16-2-1-12-8-17(9-15(12)7-16)5-3-13-10-19-20-11-14(13)4-6-17/h1-2,7-11H,3-6H2. The van der Waals surface area contributed by atoms with Crippen molar-refractivity contribution in [3.8, 4) is 0 Å². The second-order valence-electron chi connectivity index (χ2n) is 5.83. The molecular weight excluding hydrogens is 312 g/mol. The SMILES string of the molecule is Brc1ccc2c(c1)=CC1(C=2)CCc2cnncc2CC1. The molecule has 0 fully saturated rings. The minimum absolute atomic E-state index is 0.210. The number of nitrogens with zero attached hydrogens (tertiary/aromatic N) is 2. The van der Waals surface area contributed by atoms with Crippen LogP contribution in [0.25, 0.3) is 12.2 Å². The Morgan fingerprint density at radius 1 is 0.900 bits per heavy atom. The zero-order valence-corrected chi connectivity index (χ0v) is 12.7. The fourth-order valence-corrected chi connectivity index (χ4v) is 3.81. The van der Waals surface area contributed by atoms with Crippen molar-refractivity contribution in [3.05, 3.63) is 56.6 Å². The number of hydrogen-bond donors (Lipinski definition) is 0. The maximum absolute atomic E-state index is 4.03. The van der Waals surface area contributed by atoms with Crippen molar-refractivity contribution in [2.45, 2.75) is 25.7 Å². The summed E-state index contributed by atoms with van der Waals surface area (Å²) in [7, 11) is 0. The first-order valence-corrected chi connectivity index (χ1v) is 7.83. The average molecular weight is 327 g/mol. The van der Waals surface area contributed by atoms with Gasteiger partial charge in [-0.2, -0.15) is 10.2 Å². The van der Waals surface area contributed by atoms with Crippen LogP contribution in [0.15, 0.2) is 35.1 Å². The van der Waals surface area contributed by atoms with Crippen LogP contribution in [0, 0.1) is 5.41 Å². The van der Waals surface area contributed by atoms with Crippen LogP contribution in [-0.4, -0.2) is 10.2 Å². The molecule has 0 atom stereocenters. The summed E-state index contributed by atoms with van der Waals surface area (Å²) >= 11 is 3.57. The molecule has 0 saturated heterocycles. The Labute approximate surface area is 126 Å². The molecule has 2 aromatic rings.